The Morgan fingerprint density at radius 1 is 0.548 bits per heavy atom. The van der Waals surface area contributed by atoms with Crippen molar-refractivity contribution in [3.8, 4) is 0 Å². The molecule has 0 amide bonds. The number of carbonyl (C=O) groups excluding carboxylic acids is 2. The maximum absolute atomic E-state index is 10.3. The van der Waals surface area contributed by atoms with E-state index in [0.717, 1.165) is 23.7 Å². The maximum Gasteiger partial charge on any atom is 0.143 e. The molecule has 2 rings (SSSR count). The number of hydrogen-bond acceptors (Lipinski definition) is 2. The Balaban J connectivity index is 0.000000420. The monoisotopic (exact) mass is 568 g/mol. The summed E-state index contributed by atoms with van der Waals surface area (Å²) in [6.45, 7) is 21.9. The van der Waals surface area contributed by atoms with Crippen LogP contribution in [-0.4, -0.2) is 12.6 Å². The summed E-state index contributed by atoms with van der Waals surface area (Å²) in [4.78, 5) is 20.7. The molecule has 0 N–H and O–H groups in total. The SMILES string of the molecule is CC1=C(/C=C/C(C)=C/C=C/C(C)=C/C=O)C(C)(C)CCC1.CC1=C(/C=C/C(C)=C/C=C\C(C)=C\C=O)C(C)(C)CCC1. The van der Waals surface area contributed by atoms with Gasteiger partial charge in [-0.25, -0.2) is 0 Å². The lowest BCUT2D eigenvalue weighted by Crippen LogP contribution is -2.19. The third-order valence-corrected chi connectivity index (χ3v) is 8.21. The summed E-state index contributed by atoms with van der Waals surface area (Å²) in [7, 11) is 0. The summed E-state index contributed by atoms with van der Waals surface area (Å²) in [5.74, 6) is 0. The minimum Gasteiger partial charge on any atom is -0.299 e. The van der Waals surface area contributed by atoms with Gasteiger partial charge in [0.2, 0.25) is 0 Å². The average molecular weight is 569 g/mol. The van der Waals surface area contributed by atoms with Crippen molar-refractivity contribution < 1.29 is 9.59 Å². The Morgan fingerprint density at radius 3 is 1.19 bits per heavy atom. The van der Waals surface area contributed by atoms with Crippen molar-refractivity contribution in [3.05, 3.63) is 117 Å². The summed E-state index contributed by atoms with van der Waals surface area (Å²) in [6, 6.07) is 0. The predicted octanol–water partition coefficient (Wildman–Crippen LogP) is 11.4. The number of hydrogen-bond donors (Lipinski definition) is 0. The summed E-state index contributed by atoms with van der Waals surface area (Å²) in [5, 5.41) is 0. The summed E-state index contributed by atoms with van der Waals surface area (Å²) in [5.41, 5.74) is 11.0. The first-order valence-corrected chi connectivity index (χ1v) is 15.4. The first kappa shape index (κ1) is 36.8. The van der Waals surface area contributed by atoms with Crippen LogP contribution in [0.2, 0.25) is 0 Å². The van der Waals surface area contributed by atoms with Crippen LogP contribution >= 0.6 is 0 Å². The van der Waals surface area contributed by atoms with E-state index in [4.69, 9.17) is 0 Å². The Hall–Kier alpha value is -3.26. The van der Waals surface area contributed by atoms with Crippen molar-refractivity contribution >= 4 is 12.6 Å². The van der Waals surface area contributed by atoms with Crippen LogP contribution in [0.15, 0.2) is 117 Å². The fourth-order valence-corrected chi connectivity index (χ4v) is 5.59. The molecule has 0 spiro atoms. The molecular formula is C40H56O2. The van der Waals surface area contributed by atoms with Gasteiger partial charge in [0, 0.05) is 0 Å². The summed E-state index contributed by atoms with van der Waals surface area (Å²) >= 11 is 0. The first-order chi connectivity index (χ1) is 19.7. The van der Waals surface area contributed by atoms with Crippen molar-refractivity contribution in [2.24, 2.45) is 10.8 Å². The lowest BCUT2D eigenvalue weighted by Gasteiger charge is -2.33. The maximum atomic E-state index is 10.3. The Labute approximate surface area is 257 Å². The van der Waals surface area contributed by atoms with Crippen molar-refractivity contribution in [1.29, 1.82) is 0 Å². The molecule has 2 aliphatic rings. The second-order valence-corrected chi connectivity index (χ2v) is 13.2. The smallest absolute Gasteiger partial charge is 0.143 e. The van der Waals surface area contributed by atoms with Gasteiger partial charge in [0.25, 0.3) is 0 Å². The zero-order valence-electron chi connectivity index (χ0n) is 28.1. The molecule has 0 aliphatic heterocycles. The zero-order chi connectivity index (χ0) is 31.8. The molecule has 0 heterocycles. The fourth-order valence-electron chi connectivity index (χ4n) is 5.59. The van der Waals surface area contributed by atoms with E-state index in [1.54, 1.807) is 12.2 Å². The molecule has 0 aromatic carbocycles. The van der Waals surface area contributed by atoms with Crippen LogP contribution in [0.3, 0.4) is 0 Å². The molecular weight excluding hydrogens is 512 g/mol. The normalized spacial score (nSPS) is 20.6. The van der Waals surface area contributed by atoms with Gasteiger partial charge in [0.05, 0.1) is 0 Å². The van der Waals surface area contributed by atoms with Crippen LogP contribution in [0.1, 0.15) is 108 Å². The van der Waals surface area contributed by atoms with Gasteiger partial charge < -0.3 is 0 Å². The molecule has 0 atom stereocenters. The molecule has 0 bridgehead atoms. The van der Waals surface area contributed by atoms with Crippen LogP contribution in [0.25, 0.3) is 0 Å². The van der Waals surface area contributed by atoms with Gasteiger partial charge in [-0.1, -0.05) is 111 Å². The van der Waals surface area contributed by atoms with Crippen LogP contribution < -0.4 is 0 Å². The first-order valence-electron chi connectivity index (χ1n) is 15.4. The van der Waals surface area contributed by atoms with Gasteiger partial charge in [-0.05, 0) is 125 Å². The average Bonchev–Trinajstić information content (AvgIpc) is 2.88. The van der Waals surface area contributed by atoms with Gasteiger partial charge in [0.15, 0.2) is 0 Å². The zero-order valence-corrected chi connectivity index (χ0v) is 28.1. The molecule has 2 heteroatoms. The lowest BCUT2D eigenvalue weighted by atomic mass is 9.72. The number of allylic oxidation sites excluding steroid dienone is 20. The lowest BCUT2D eigenvalue weighted by molar-refractivity contribution is -0.104. The van der Waals surface area contributed by atoms with Gasteiger partial charge >= 0.3 is 0 Å². The highest BCUT2D eigenvalue weighted by atomic mass is 16.1. The van der Waals surface area contributed by atoms with E-state index in [1.165, 1.54) is 72.0 Å². The Morgan fingerprint density at radius 2 is 0.881 bits per heavy atom. The van der Waals surface area contributed by atoms with Gasteiger partial charge in [-0.2, -0.15) is 0 Å². The van der Waals surface area contributed by atoms with Crippen molar-refractivity contribution in [1.82, 2.24) is 0 Å². The topological polar surface area (TPSA) is 34.1 Å². The van der Waals surface area contributed by atoms with E-state index in [9.17, 15) is 9.59 Å². The third-order valence-electron chi connectivity index (χ3n) is 8.21. The van der Waals surface area contributed by atoms with Crippen molar-refractivity contribution in [3.63, 3.8) is 0 Å². The molecule has 0 unspecified atom stereocenters. The molecule has 2 nitrogen and oxygen atoms in total. The molecule has 228 valence electrons. The van der Waals surface area contributed by atoms with Crippen LogP contribution in [0, 0.1) is 10.8 Å². The second-order valence-electron chi connectivity index (χ2n) is 13.2. The van der Waals surface area contributed by atoms with Gasteiger partial charge in [0.1, 0.15) is 12.6 Å². The van der Waals surface area contributed by atoms with E-state index >= 15 is 0 Å². The highest BCUT2D eigenvalue weighted by Crippen LogP contribution is 2.41. The standard InChI is InChI=1S/2C20H28O/c2*1-16(8-6-9-17(2)13-15-21)11-12-19-18(3)10-7-14-20(19,4)5/h2*6,8-9,11-13,15H,7,10,14H2,1-5H3/b9-6+,12-11+,16-8+,17-13+;9-6-,12-11+,16-8+,17-13+. The Kier molecular flexibility index (Phi) is 16.0. The molecule has 0 aromatic rings. The van der Waals surface area contributed by atoms with Crippen molar-refractivity contribution in [2.75, 3.05) is 0 Å². The fraction of sp³-hybridized carbons (Fsp3) is 0.450. The number of rotatable bonds is 10. The summed E-state index contributed by atoms with van der Waals surface area (Å²) in [6.07, 6.45) is 33.3. The van der Waals surface area contributed by atoms with E-state index in [0.29, 0.717) is 0 Å². The number of aldehydes is 2. The van der Waals surface area contributed by atoms with Crippen molar-refractivity contribution in [2.45, 2.75) is 108 Å². The largest absolute Gasteiger partial charge is 0.299 e. The van der Waals surface area contributed by atoms with Crippen LogP contribution in [0.4, 0.5) is 0 Å². The predicted molar refractivity (Wildman–Crippen MR) is 184 cm³/mol. The molecule has 0 radical (unpaired) electrons. The molecule has 0 aromatic heterocycles. The Bertz CT molecular complexity index is 1140. The second kappa shape index (κ2) is 18.3. The van der Waals surface area contributed by atoms with Crippen LogP contribution in [0.5, 0.6) is 0 Å². The highest BCUT2D eigenvalue weighted by Gasteiger charge is 2.27. The van der Waals surface area contributed by atoms with Gasteiger partial charge in [-0.3, -0.25) is 9.59 Å². The molecule has 0 saturated carbocycles. The number of carbonyl (C=O) groups is 2. The molecule has 2 aliphatic carbocycles. The molecule has 0 saturated heterocycles. The highest BCUT2D eigenvalue weighted by molar-refractivity contribution is 5.67. The third kappa shape index (κ3) is 13.6. The van der Waals surface area contributed by atoms with E-state index in [1.807, 2.05) is 38.2 Å². The minimum atomic E-state index is 0.290. The quantitative estimate of drug-likeness (QED) is 0.149. The molecule has 0 fully saturated rings. The minimum absolute atomic E-state index is 0.290. The van der Waals surface area contributed by atoms with Gasteiger partial charge in [-0.15, -0.1) is 0 Å². The van der Waals surface area contributed by atoms with E-state index in [-0.39, 0.29) is 10.8 Å². The van der Waals surface area contributed by atoms with E-state index < -0.39 is 0 Å². The van der Waals surface area contributed by atoms with Crippen LogP contribution in [-0.2, 0) is 9.59 Å². The summed E-state index contributed by atoms with van der Waals surface area (Å²) < 4.78 is 0. The van der Waals surface area contributed by atoms with E-state index in [2.05, 4.69) is 91.8 Å². The molecule has 42 heavy (non-hydrogen) atoms.